The molecule has 2 amide bonds. The van der Waals surface area contributed by atoms with Gasteiger partial charge in [0.15, 0.2) is 5.76 Å². The van der Waals surface area contributed by atoms with E-state index in [9.17, 15) is 4.79 Å². The van der Waals surface area contributed by atoms with Crippen LogP contribution in [0.4, 0.5) is 10.5 Å². The van der Waals surface area contributed by atoms with Gasteiger partial charge in [0, 0.05) is 25.9 Å². The van der Waals surface area contributed by atoms with Gasteiger partial charge in [0.1, 0.15) is 0 Å². The molecule has 0 bridgehead atoms. The molecule has 0 saturated carbocycles. The standard InChI is InChI=1S/C15H21N5O3/c1-11-8-14(23-18-11)13-4-3-5-20(13)15(21)17-12-9-16-19(10-12)6-7-22-2/h8-10,13H,3-7H2,1-2H3,(H,17,21)/t13-/m0/s1. The molecule has 1 saturated heterocycles. The third-order valence-corrected chi connectivity index (χ3v) is 3.90. The second kappa shape index (κ2) is 6.82. The van der Waals surface area contributed by atoms with Gasteiger partial charge in [-0.1, -0.05) is 5.16 Å². The number of hydrogen-bond donors (Lipinski definition) is 1. The van der Waals surface area contributed by atoms with Gasteiger partial charge in [0.25, 0.3) is 0 Å². The minimum absolute atomic E-state index is 0.0558. The van der Waals surface area contributed by atoms with Gasteiger partial charge in [-0.05, 0) is 19.8 Å². The first-order valence-electron chi connectivity index (χ1n) is 7.69. The summed E-state index contributed by atoms with van der Waals surface area (Å²) in [5.74, 6) is 0.742. The number of aromatic nitrogens is 3. The number of anilines is 1. The van der Waals surface area contributed by atoms with Gasteiger partial charge in [-0.25, -0.2) is 4.79 Å². The van der Waals surface area contributed by atoms with E-state index in [0.29, 0.717) is 25.4 Å². The van der Waals surface area contributed by atoms with Crippen LogP contribution in [0, 0.1) is 6.92 Å². The van der Waals surface area contributed by atoms with Crippen LogP contribution in [0.3, 0.4) is 0 Å². The number of methoxy groups -OCH3 is 1. The van der Waals surface area contributed by atoms with Crippen molar-refractivity contribution in [3.8, 4) is 0 Å². The molecule has 2 aromatic heterocycles. The fourth-order valence-electron chi connectivity index (χ4n) is 2.78. The maximum absolute atomic E-state index is 12.5. The van der Waals surface area contributed by atoms with Gasteiger partial charge in [0.2, 0.25) is 0 Å². The summed E-state index contributed by atoms with van der Waals surface area (Å²) >= 11 is 0. The Labute approximate surface area is 134 Å². The van der Waals surface area contributed by atoms with Crippen molar-refractivity contribution in [1.29, 1.82) is 0 Å². The van der Waals surface area contributed by atoms with Crippen LogP contribution in [-0.4, -0.2) is 46.1 Å². The van der Waals surface area contributed by atoms with E-state index in [0.717, 1.165) is 24.3 Å². The van der Waals surface area contributed by atoms with E-state index >= 15 is 0 Å². The molecule has 3 rings (SSSR count). The Morgan fingerprint density at radius 2 is 2.43 bits per heavy atom. The Morgan fingerprint density at radius 1 is 1.57 bits per heavy atom. The fourth-order valence-corrected chi connectivity index (χ4v) is 2.78. The first kappa shape index (κ1) is 15.5. The van der Waals surface area contributed by atoms with Crippen molar-refractivity contribution in [2.75, 3.05) is 25.6 Å². The number of carbonyl (C=O) groups excluding carboxylic acids is 1. The van der Waals surface area contributed by atoms with E-state index in [1.54, 1.807) is 29.1 Å². The third-order valence-electron chi connectivity index (χ3n) is 3.90. The molecule has 23 heavy (non-hydrogen) atoms. The van der Waals surface area contributed by atoms with E-state index < -0.39 is 0 Å². The highest BCUT2D eigenvalue weighted by Crippen LogP contribution is 2.32. The summed E-state index contributed by atoms with van der Waals surface area (Å²) in [5.41, 5.74) is 1.50. The van der Waals surface area contributed by atoms with Crippen molar-refractivity contribution in [3.05, 3.63) is 29.9 Å². The molecule has 0 aromatic carbocycles. The lowest BCUT2D eigenvalue weighted by molar-refractivity contribution is 0.183. The molecule has 8 nitrogen and oxygen atoms in total. The van der Waals surface area contributed by atoms with Gasteiger partial charge in [-0.3, -0.25) is 4.68 Å². The predicted molar refractivity (Wildman–Crippen MR) is 83.0 cm³/mol. The number of nitrogens with zero attached hydrogens (tertiary/aromatic N) is 4. The van der Waals surface area contributed by atoms with E-state index in [-0.39, 0.29) is 12.1 Å². The molecule has 1 fully saturated rings. The highest BCUT2D eigenvalue weighted by atomic mass is 16.5. The van der Waals surface area contributed by atoms with Crippen LogP contribution in [0.25, 0.3) is 0 Å². The topological polar surface area (TPSA) is 85.4 Å². The van der Waals surface area contributed by atoms with Crippen molar-refractivity contribution >= 4 is 11.7 Å². The maximum atomic E-state index is 12.5. The van der Waals surface area contributed by atoms with Crippen molar-refractivity contribution in [2.45, 2.75) is 32.4 Å². The zero-order chi connectivity index (χ0) is 16.2. The van der Waals surface area contributed by atoms with Gasteiger partial charge >= 0.3 is 6.03 Å². The lowest BCUT2D eigenvalue weighted by Crippen LogP contribution is -2.34. The molecule has 124 valence electrons. The molecule has 1 aliphatic heterocycles. The van der Waals surface area contributed by atoms with E-state index in [2.05, 4.69) is 15.6 Å². The number of likely N-dealkylation sites (tertiary alicyclic amines) is 1. The number of rotatable bonds is 5. The highest BCUT2D eigenvalue weighted by molar-refractivity contribution is 5.89. The van der Waals surface area contributed by atoms with Gasteiger partial charge in [-0.15, -0.1) is 0 Å². The van der Waals surface area contributed by atoms with Crippen molar-refractivity contribution < 1.29 is 14.1 Å². The van der Waals surface area contributed by atoms with Gasteiger partial charge in [0.05, 0.1) is 36.8 Å². The summed E-state index contributed by atoms with van der Waals surface area (Å²) in [4.78, 5) is 14.3. The molecular formula is C15H21N5O3. The summed E-state index contributed by atoms with van der Waals surface area (Å²) < 4.78 is 12.1. The predicted octanol–water partition coefficient (Wildman–Crippen LogP) is 2.19. The monoisotopic (exact) mass is 319 g/mol. The van der Waals surface area contributed by atoms with Crippen molar-refractivity contribution in [1.82, 2.24) is 19.8 Å². The molecule has 0 radical (unpaired) electrons. The van der Waals surface area contributed by atoms with Crippen LogP contribution in [0.15, 0.2) is 23.0 Å². The zero-order valence-electron chi connectivity index (χ0n) is 13.4. The van der Waals surface area contributed by atoms with E-state index in [1.807, 2.05) is 13.0 Å². The Morgan fingerprint density at radius 3 is 3.17 bits per heavy atom. The van der Waals surface area contributed by atoms with Crippen LogP contribution < -0.4 is 5.32 Å². The first-order valence-corrected chi connectivity index (χ1v) is 7.69. The number of aryl methyl sites for hydroxylation is 1. The number of amides is 2. The van der Waals surface area contributed by atoms with Crippen LogP contribution >= 0.6 is 0 Å². The summed E-state index contributed by atoms with van der Waals surface area (Å²) in [6.45, 7) is 3.80. The summed E-state index contributed by atoms with van der Waals surface area (Å²) in [7, 11) is 1.64. The number of nitrogens with one attached hydrogen (secondary N) is 1. The second-order valence-electron chi connectivity index (χ2n) is 5.64. The third kappa shape index (κ3) is 3.53. The van der Waals surface area contributed by atoms with E-state index in [1.165, 1.54) is 0 Å². The lowest BCUT2D eigenvalue weighted by atomic mass is 10.1. The minimum Gasteiger partial charge on any atom is -0.383 e. The summed E-state index contributed by atoms with van der Waals surface area (Å²) in [6, 6.07) is 1.69. The average molecular weight is 319 g/mol. The van der Waals surface area contributed by atoms with Crippen LogP contribution in [0.5, 0.6) is 0 Å². The second-order valence-corrected chi connectivity index (χ2v) is 5.64. The molecule has 8 heteroatoms. The first-order chi connectivity index (χ1) is 11.2. The molecule has 0 aliphatic carbocycles. The lowest BCUT2D eigenvalue weighted by Gasteiger charge is -2.22. The fraction of sp³-hybridized carbons (Fsp3) is 0.533. The Balaban J connectivity index is 1.64. The molecule has 1 atom stereocenters. The summed E-state index contributed by atoms with van der Waals surface area (Å²) in [5, 5.41) is 11.0. The molecule has 3 heterocycles. The highest BCUT2D eigenvalue weighted by Gasteiger charge is 2.32. The van der Waals surface area contributed by atoms with Gasteiger partial charge in [-0.2, -0.15) is 5.10 Å². The Bertz CT molecular complexity index is 666. The molecular weight excluding hydrogens is 298 g/mol. The number of carbonyl (C=O) groups is 1. The Kier molecular flexibility index (Phi) is 4.61. The van der Waals surface area contributed by atoms with Crippen LogP contribution in [-0.2, 0) is 11.3 Å². The van der Waals surface area contributed by atoms with Crippen LogP contribution in [0.1, 0.15) is 30.3 Å². The molecule has 0 unspecified atom stereocenters. The number of hydrogen-bond acceptors (Lipinski definition) is 5. The normalized spacial score (nSPS) is 17.7. The molecule has 2 aromatic rings. The Hall–Kier alpha value is -2.35. The van der Waals surface area contributed by atoms with Gasteiger partial charge < -0.3 is 19.5 Å². The number of urea groups is 1. The largest absolute Gasteiger partial charge is 0.383 e. The SMILES string of the molecule is COCCn1cc(NC(=O)N2CCC[C@H]2c2cc(C)no2)cn1. The van der Waals surface area contributed by atoms with E-state index in [4.69, 9.17) is 9.26 Å². The zero-order valence-corrected chi connectivity index (χ0v) is 13.4. The quantitative estimate of drug-likeness (QED) is 0.913. The molecule has 1 aliphatic rings. The average Bonchev–Trinajstić information content (AvgIpc) is 3.24. The summed E-state index contributed by atoms with van der Waals surface area (Å²) in [6.07, 6.45) is 5.26. The van der Waals surface area contributed by atoms with Crippen molar-refractivity contribution in [3.63, 3.8) is 0 Å². The van der Waals surface area contributed by atoms with Crippen molar-refractivity contribution in [2.24, 2.45) is 0 Å². The maximum Gasteiger partial charge on any atom is 0.322 e. The molecule has 1 N–H and O–H groups in total. The smallest absolute Gasteiger partial charge is 0.322 e. The number of ether oxygens (including phenoxy) is 1. The van der Waals surface area contributed by atoms with Crippen LogP contribution in [0.2, 0.25) is 0 Å². The minimum atomic E-state index is -0.146. The molecule has 0 spiro atoms.